The van der Waals surface area contributed by atoms with E-state index in [2.05, 4.69) is 15.9 Å². The number of ketones is 1. The van der Waals surface area contributed by atoms with Crippen molar-refractivity contribution in [2.75, 3.05) is 0 Å². The SMILES string of the molecule is CC(C)(C)OC(=O)N1C(=O)c2c(Br)ccc3c2C(=O)C1C=C3. The number of fused-ring (bicyclic) bond motifs is 1. The first kappa shape index (κ1) is 15.0. The Morgan fingerprint density at radius 2 is 1.91 bits per heavy atom. The first-order valence-corrected chi connectivity index (χ1v) is 7.61. The van der Waals surface area contributed by atoms with Crippen LogP contribution in [0.3, 0.4) is 0 Å². The highest BCUT2D eigenvalue weighted by Crippen LogP contribution is 2.36. The highest BCUT2D eigenvalue weighted by molar-refractivity contribution is 9.10. The predicted molar refractivity (Wildman–Crippen MR) is 83.7 cm³/mol. The molecule has 0 N–H and O–H groups in total. The zero-order chi connectivity index (χ0) is 16.2. The van der Waals surface area contributed by atoms with Gasteiger partial charge in [0.05, 0.1) is 5.56 Å². The van der Waals surface area contributed by atoms with Crippen LogP contribution >= 0.6 is 15.9 Å². The fourth-order valence-electron chi connectivity index (χ4n) is 2.59. The van der Waals surface area contributed by atoms with E-state index in [4.69, 9.17) is 4.74 Å². The summed E-state index contributed by atoms with van der Waals surface area (Å²) in [6, 6.07) is 2.53. The maximum atomic E-state index is 12.7. The highest BCUT2D eigenvalue weighted by atomic mass is 79.9. The van der Waals surface area contributed by atoms with Crippen molar-refractivity contribution < 1.29 is 19.1 Å². The van der Waals surface area contributed by atoms with Crippen LogP contribution in [0.15, 0.2) is 22.7 Å². The highest BCUT2D eigenvalue weighted by Gasteiger charge is 2.46. The van der Waals surface area contributed by atoms with Gasteiger partial charge in [-0.2, -0.15) is 0 Å². The summed E-state index contributed by atoms with van der Waals surface area (Å²) >= 11 is 3.29. The van der Waals surface area contributed by atoms with E-state index >= 15 is 0 Å². The molecule has 5 nitrogen and oxygen atoms in total. The minimum absolute atomic E-state index is 0.217. The number of amides is 2. The summed E-state index contributed by atoms with van der Waals surface area (Å²) in [5, 5.41) is 0. The van der Waals surface area contributed by atoms with Crippen LogP contribution in [-0.2, 0) is 4.74 Å². The molecule has 0 saturated heterocycles. The van der Waals surface area contributed by atoms with Crippen molar-refractivity contribution in [1.29, 1.82) is 0 Å². The molecular formula is C16H14BrNO4. The van der Waals surface area contributed by atoms with E-state index in [9.17, 15) is 14.4 Å². The molecule has 2 bridgehead atoms. The van der Waals surface area contributed by atoms with Crippen LogP contribution in [0.2, 0.25) is 0 Å². The summed E-state index contributed by atoms with van der Waals surface area (Å²) in [6.07, 6.45) is 2.50. The second-order valence-corrected chi connectivity index (χ2v) is 7.06. The van der Waals surface area contributed by atoms with E-state index < -0.39 is 23.6 Å². The second-order valence-electron chi connectivity index (χ2n) is 6.21. The average Bonchev–Trinajstić information content (AvgIpc) is 2.38. The predicted octanol–water partition coefficient (Wildman–Crippen LogP) is 3.42. The van der Waals surface area contributed by atoms with Gasteiger partial charge in [0.1, 0.15) is 11.6 Å². The molecule has 1 atom stereocenters. The van der Waals surface area contributed by atoms with Gasteiger partial charge in [-0.05, 0) is 48.3 Å². The van der Waals surface area contributed by atoms with Crippen LogP contribution in [0.4, 0.5) is 4.79 Å². The molecule has 22 heavy (non-hydrogen) atoms. The second kappa shape index (κ2) is 4.78. The summed E-state index contributed by atoms with van der Waals surface area (Å²) in [5.74, 6) is -0.786. The Kier molecular flexibility index (Phi) is 3.25. The molecule has 3 rings (SSSR count). The van der Waals surface area contributed by atoms with Gasteiger partial charge in [-0.15, -0.1) is 0 Å². The largest absolute Gasteiger partial charge is 0.443 e. The van der Waals surface area contributed by atoms with Crippen LogP contribution in [0.5, 0.6) is 0 Å². The molecule has 1 aliphatic heterocycles. The smallest absolute Gasteiger partial charge is 0.418 e. The van der Waals surface area contributed by atoms with Crippen molar-refractivity contribution in [3.63, 3.8) is 0 Å². The maximum absolute atomic E-state index is 12.7. The normalized spacial score (nSPS) is 19.5. The number of hydrogen-bond donors (Lipinski definition) is 0. The van der Waals surface area contributed by atoms with Crippen molar-refractivity contribution in [3.05, 3.63) is 39.4 Å². The molecular weight excluding hydrogens is 350 g/mol. The minimum Gasteiger partial charge on any atom is -0.443 e. The van der Waals surface area contributed by atoms with Crippen molar-refractivity contribution in [1.82, 2.24) is 4.90 Å². The molecule has 1 aromatic rings. The van der Waals surface area contributed by atoms with E-state index in [-0.39, 0.29) is 11.3 Å². The van der Waals surface area contributed by atoms with Gasteiger partial charge in [-0.25, -0.2) is 9.69 Å². The quantitative estimate of drug-likeness (QED) is 0.708. The Hall–Kier alpha value is -1.95. The number of ether oxygens (including phenoxy) is 1. The molecule has 1 aromatic carbocycles. The Bertz CT molecular complexity index is 745. The van der Waals surface area contributed by atoms with Crippen LogP contribution in [0.25, 0.3) is 6.08 Å². The lowest BCUT2D eigenvalue weighted by molar-refractivity contribution is 0.0181. The number of imide groups is 1. The molecule has 2 amide bonds. The van der Waals surface area contributed by atoms with Gasteiger partial charge in [0.2, 0.25) is 0 Å². The van der Waals surface area contributed by atoms with Crippen molar-refractivity contribution in [2.24, 2.45) is 0 Å². The summed E-state index contributed by atoms with van der Waals surface area (Å²) in [7, 11) is 0. The lowest BCUT2D eigenvalue weighted by Crippen LogP contribution is -2.54. The lowest BCUT2D eigenvalue weighted by atomic mass is 9.84. The first-order valence-electron chi connectivity index (χ1n) is 6.82. The summed E-state index contributed by atoms with van der Waals surface area (Å²) in [4.78, 5) is 38.6. The van der Waals surface area contributed by atoms with Gasteiger partial charge in [-0.3, -0.25) is 9.59 Å². The molecule has 0 radical (unpaired) electrons. The number of benzene rings is 1. The molecule has 2 aliphatic rings. The van der Waals surface area contributed by atoms with Crippen LogP contribution in [0, 0.1) is 0 Å². The molecule has 6 heteroatoms. The average molecular weight is 364 g/mol. The lowest BCUT2D eigenvalue weighted by Gasteiger charge is -2.36. The topological polar surface area (TPSA) is 63.7 Å². The Morgan fingerprint density at radius 1 is 1.23 bits per heavy atom. The molecule has 0 saturated carbocycles. The van der Waals surface area contributed by atoms with Gasteiger partial charge in [0, 0.05) is 10.0 Å². The summed E-state index contributed by atoms with van der Waals surface area (Å²) < 4.78 is 5.76. The van der Waals surface area contributed by atoms with Gasteiger partial charge < -0.3 is 4.74 Å². The van der Waals surface area contributed by atoms with Crippen molar-refractivity contribution >= 4 is 39.8 Å². The van der Waals surface area contributed by atoms with Crippen LogP contribution < -0.4 is 0 Å². The number of nitrogens with zero attached hydrogens (tertiary/aromatic N) is 1. The Balaban J connectivity index is 2.13. The van der Waals surface area contributed by atoms with Crippen LogP contribution in [0.1, 0.15) is 47.1 Å². The molecule has 0 aromatic heterocycles. The van der Waals surface area contributed by atoms with Gasteiger partial charge in [0.15, 0.2) is 5.78 Å². The maximum Gasteiger partial charge on any atom is 0.418 e. The molecule has 1 heterocycles. The van der Waals surface area contributed by atoms with Crippen molar-refractivity contribution in [2.45, 2.75) is 32.4 Å². The molecule has 1 unspecified atom stereocenters. The number of carbonyl (C=O) groups is 3. The zero-order valence-corrected chi connectivity index (χ0v) is 13.9. The standard InChI is InChI=1S/C16H14BrNO4/c1-16(2,3)22-15(21)18-10-7-5-8-4-6-9(17)12(14(18)20)11(8)13(10)19/h4-7,10H,1-3H3. The number of hydrogen-bond acceptors (Lipinski definition) is 4. The third-order valence-electron chi connectivity index (χ3n) is 3.46. The number of halogens is 1. The van der Waals surface area contributed by atoms with Gasteiger partial charge in [0.25, 0.3) is 5.91 Å². The Morgan fingerprint density at radius 3 is 2.55 bits per heavy atom. The van der Waals surface area contributed by atoms with E-state index in [0.717, 1.165) is 4.90 Å². The van der Waals surface area contributed by atoms with Crippen molar-refractivity contribution in [3.8, 4) is 0 Å². The molecule has 0 spiro atoms. The summed E-state index contributed by atoms with van der Waals surface area (Å²) in [5.41, 5.74) is 0.523. The number of rotatable bonds is 0. The third-order valence-corrected chi connectivity index (χ3v) is 4.12. The van der Waals surface area contributed by atoms with E-state index in [0.29, 0.717) is 15.6 Å². The number of Topliss-reactive ketones (excluding diaryl/α,β-unsaturated/α-hetero) is 1. The van der Waals surface area contributed by atoms with E-state index in [1.807, 2.05) is 0 Å². The third kappa shape index (κ3) is 2.18. The number of carbonyl (C=O) groups excluding carboxylic acids is 3. The monoisotopic (exact) mass is 363 g/mol. The van der Waals surface area contributed by atoms with Crippen LogP contribution in [-0.4, -0.2) is 34.3 Å². The van der Waals surface area contributed by atoms with Gasteiger partial charge in [-0.1, -0.05) is 18.2 Å². The Labute approximate surface area is 136 Å². The van der Waals surface area contributed by atoms with E-state index in [1.54, 1.807) is 45.1 Å². The molecule has 1 aliphatic carbocycles. The van der Waals surface area contributed by atoms with E-state index in [1.165, 1.54) is 0 Å². The fourth-order valence-corrected chi connectivity index (χ4v) is 3.09. The summed E-state index contributed by atoms with van der Waals surface area (Å²) in [6.45, 7) is 5.12. The molecule has 0 fully saturated rings. The van der Waals surface area contributed by atoms with Gasteiger partial charge >= 0.3 is 6.09 Å². The zero-order valence-electron chi connectivity index (χ0n) is 12.3. The fraction of sp³-hybridized carbons (Fsp3) is 0.312. The molecule has 114 valence electrons. The first-order chi connectivity index (χ1) is 10.2. The minimum atomic E-state index is -0.934.